The van der Waals surface area contributed by atoms with E-state index in [2.05, 4.69) is 28.6 Å². The van der Waals surface area contributed by atoms with Crippen molar-refractivity contribution in [3.05, 3.63) is 77.0 Å². The first kappa shape index (κ1) is 20.2. The average molecular weight is 391 g/mol. The number of amides is 1. The minimum atomic E-state index is -0.175. The lowest BCUT2D eigenvalue weighted by atomic mass is 10.1. The smallest absolute Gasteiger partial charge is 0.251 e. The summed E-state index contributed by atoms with van der Waals surface area (Å²) in [7, 11) is 3.17. The van der Waals surface area contributed by atoms with Crippen molar-refractivity contribution >= 4 is 17.4 Å². The quantitative estimate of drug-likeness (QED) is 0.625. The van der Waals surface area contributed by atoms with Gasteiger partial charge in [-0.1, -0.05) is 23.8 Å². The molecule has 1 aromatic heterocycles. The van der Waals surface area contributed by atoms with Gasteiger partial charge in [0.2, 0.25) is 0 Å². The van der Waals surface area contributed by atoms with E-state index in [0.717, 1.165) is 16.8 Å². The minimum absolute atomic E-state index is 0.175. The van der Waals surface area contributed by atoms with E-state index in [1.54, 1.807) is 32.5 Å². The fraction of sp³-hybridized carbons (Fsp3) is 0.217. The number of ether oxygens (including phenoxy) is 2. The van der Waals surface area contributed by atoms with E-state index in [1.165, 1.54) is 5.56 Å². The minimum Gasteiger partial charge on any atom is -0.493 e. The van der Waals surface area contributed by atoms with E-state index >= 15 is 0 Å². The molecular weight excluding hydrogens is 366 g/mol. The van der Waals surface area contributed by atoms with Gasteiger partial charge in [0, 0.05) is 24.0 Å². The number of anilines is 2. The van der Waals surface area contributed by atoms with Crippen molar-refractivity contribution in [1.82, 2.24) is 10.3 Å². The Labute approximate surface area is 170 Å². The Bertz CT molecular complexity index is 1020. The number of rotatable bonds is 7. The van der Waals surface area contributed by atoms with E-state index in [0.29, 0.717) is 29.4 Å². The lowest BCUT2D eigenvalue weighted by Crippen LogP contribution is -2.23. The first-order valence-corrected chi connectivity index (χ1v) is 9.29. The van der Waals surface area contributed by atoms with Crippen LogP contribution in [0.2, 0.25) is 0 Å². The van der Waals surface area contributed by atoms with Gasteiger partial charge < -0.3 is 20.1 Å². The summed E-state index contributed by atoms with van der Waals surface area (Å²) in [5.74, 6) is 1.73. The number of aromatic nitrogens is 1. The summed E-state index contributed by atoms with van der Waals surface area (Å²) in [6.07, 6.45) is 1.62. The fourth-order valence-corrected chi connectivity index (χ4v) is 3.01. The lowest BCUT2D eigenvalue weighted by Gasteiger charge is -2.12. The number of aryl methyl sites for hydroxylation is 2. The van der Waals surface area contributed by atoms with Gasteiger partial charge in [-0.2, -0.15) is 0 Å². The van der Waals surface area contributed by atoms with Gasteiger partial charge in [0.25, 0.3) is 5.91 Å². The molecule has 0 saturated carbocycles. The van der Waals surface area contributed by atoms with Crippen LogP contribution in [0, 0.1) is 13.8 Å². The fourth-order valence-electron chi connectivity index (χ4n) is 3.01. The summed E-state index contributed by atoms with van der Waals surface area (Å²) in [4.78, 5) is 16.9. The van der Waals surface area contributed by atoms with Crippen molar-refractivity contribution in [3.8, 4) is 11.5 Å². The number of benzene rings is 2. The van der Waals surface area contributed by atoms with Crippen LogP contribution < -0.4 is 20.1 Å². The number of carbonyl (C=O) groups excluding carboxylic acids is 1. The molecule has 29 heavy (non-hydrogen) atoms. The van der Waals surface area contributed by atoms with Crippen molar-refractivity contribution in [1.29, 1.82) is 0 Å². The van der Waals surface area contributed by atoms with Gasteiger partial charge in [-0.3, -0.25) is 4.79 Å². The number of hydrogen-bond donors (Lipinski definition) is 2. The third-order valence-corrected chi connectivity index (χ3v) is 4.57. The van der Waals surface area contributed by atoms with Crippen LogP contribution in [-0.2, 0) is 6.54 Å². The van der Waals surface area contributed by atoms with Gasteiger partial charge >= 0.3 is 0 Å². The molecule has 3 rings (SSSR count). The van der Waals surface area contributed by atoms with Crippen LogP contribution in [0.5, 0.6) is 11.5 Å². The summed E-state index contributed by atoms with van der Waals surface area (Å²) in [5.41, 5.74) is 4.73. The lowest BCUT2D eigenvalue weighted by molar-refractivity contribution is 0.0951. The van der Waals surface area contributed by atoms with Crippen LogP contribution in [0.4, 0.5) is 11.5 Å². The molecule has 0 saturated heterocycles. The van der Waals surface area contributed by atoms with Crippen LogP contribution in [0.3, 0.4) is 0 Å². The zero-order valence-corrected chi connectivity index (χ0v) is 17.1. The highest BCUT2D eigenvalue weighted by molar-refractivity contribution is 5.94. The molecule has 0 spiro atoms. The topological polar surface area (TPSA) is 72.5 Å². The molecule has 3 aromatic rings. The molecule has 1 amide bonds. The zero-order valence-electron chi connectivity index (χ0n) is 17.1. The normalized spacial score (nSPS) is 10.3. The standard InChI is InChI=1S/C23H25N3O3/c1-15-5-7-19(16(2)11-15)26-22-13-18(9-10-24-22)23(27)25-14-17-6-8-20(28-3)21(12-17)29-4/h5-13H,14H2,1-4H3,(H,24,26)(H,25,27). The second-order valence-corrected chi connectivity index (χ2v) is 6.75. The van der Waals surface area contributed by atoms with Gasteiger partial charge in [-0.15, -0.1) is 0 Å². The monoisotopic (exact) mass is 391 g/mol. The Balaban J connectivity index is 1.68. The number of methoxy groups -OCH3 is 2. The van der Waals surface area contributed by atoms with Crippen molar-refractivity contribution in [3.63, 3.8) is 0 Å². The highest BCUT2D eigenvalue weighted by Gasteiger charge is 2.09. The van der Waals surface area contributed by atoms with Crippen LogP contribution >= 0.6 is 0 Å². The van der Waals surface area contributed by atoms with E-state index in [-0.39, 0.29) is 5.91 Å². The summed E-state index contributed by atoms with van der Waals surface area (Å²) >= 11 is 0. The number of nitrogens with one attached hydrogen (secondary N) is 2. The Morgan fingerprint density at radius 1 is 0.966 bits per heavy atom. The zero-order chi connectivity index (χ0) is 20.8. The van der Waals surface area contributed by atoms with Gasteiger partial charge in [-0.25, -0.2) is 4.98 Å². The second-order valence-electron chi connectivity index (χ2n) is 6.75. The van der Waals surface area contributed by atoms with E-state index in [1.807, 2.05) is 37.3 Å². The predicted molar refractivity (Wildman–Crippen MR) is 114 cm³/mol. The van der Waals surface area contributed by atoms with Gasteiger partial charge in [-0.05, 0) is 55.3 Å². The van der Waals surface area contributed by atoms with Crippen molar-refractivity contribution in [2.45, 2.75) is 20.4 Å². The van der Waals surface area contributed by atoms with Crippen LogP contribution in [0.1, 0.15) is 27.0 Å². The summed E-state index contributed by atoms with van der Waals surface area (Å²) < 4.78 is 10.5. The molecule has 1 heterocycles. The van der Waals surface area contributed by atoms with Crippen molar-refractivity contribution in [2.24, 2.45) is 0 Å². The predicted octanol–water partition coefficient (Wildman–Crippen LogP) is 4.39. The molecule has 150 valence electrons. The molecule has 0 atom stereocenters. The maximum Gasteiger partial charge on any atom is 0.251 e. The van der Waals surface area contributed by atoms with Gasteiger partial charge in [0.15, 0.2) is 11.5 Å². The largest absolute Gasteiger partial charge is 0.493 e. The first-order valence-electron chi connectivity index (χ1n) is 9.29. The summed E-state index contributed by atoms with van der Waals surface area (Å²) in [5, 5.41) is 6.20. The van der Waals surface area contributed by atoms with E-state index < -0.39 is 0 Å². The number of pyridine rings is 1. The van der Waals surface area contributed by atoms with E-state index in [4.69, 9.17) is 9.47 Å². The average Bonchev–Trinajstić information content (AvgIpc) is 2.74. The Morgan fingerprint density at radius 3 is 2.48 bits per heavy atom. The van der Waals surface area contributed by atoms with Crippen LogP contribution in [-0.4, -0.2) is 25.1 Å². The molecule has 2 aromatic carbocycles. The molecule has 6 heteroatoms. The Kier molecular flexibility index (Phi) is 6.34. The maximum absolute atomic E-state index is 12.6. The van der Waals surface area contributed by atoms with Crippen molar-refractivity contribution in [2.75, 3.05) is 19.5 Å². The van der Waals surface area contributed by atoms with Gasteiger partial charge in [0.05, 0.1) is 14.2 Å². The first-order chi connectivity index (χ1) is 14.0. The molecule has 0 fully saturated rings. The van der Waals surface area contributed by atoms with E-state index in [9.17, 15) is 4.79 Å². The van der Waals surface area contributed by atoms with Crippen LogP contribution in [0.25, 0.3) is 0 Å². The van der Waals surface area contributed by atoms with Crippen LogP contribution in [0.15, 0.2) is 54.7 Å². The molecule has 0 unspecified atom stereocenters. The number of nitrogens with zero attached hydrogens (tertiary/aromatic N) is 1. The summed E-state index contributed by atoms with van der Waals surface area (Å²) in [6.45, 7) is 4.47. The molecule has 6 nitrogen and oxygen atoms in total. The summed E-state index contributed by atoms with van der Waals surface area (Å²) in [6, 6.07) is 15.1. The SMILES string of the molecule is COc1ccc(CNC(=O)c2ccnc(Nc3ccc(C)cc3C)c2)cc1OC. The Morgan fingerprint density at radius 2 is 1.76 bits per heavy atom. The van der Waals surface area contributed by atoms with Gasteiger partial charge in [0.1, 0.15) is 5.82 Å². The molecule has 0 aliphatic rings. The molecular formula is C23H25N3O3. The molecule has 0 bridgehead atoms. The third-order valence-electron chi connectivity index (χ3n) is 4.57. The third kappa shape index (κ3) is 5.04. The molecule has 0 aliphatic carbocycles. The number of carbonyl (C=O) groups is 1. The molecule has 0 aliphatic heterocycles. The number of hydrogen-bond acceptors (Lipinski definition) is 5. The maximum atomic E-state index is 12.6. The highest BCUT2D eigenvalue weighted by Crippen LogP contribution is 2.27. The highest BCUT2D eigenvalue weighted by atomic mass is 16.5. The second kappa shape index (κ2) is 9.10. The molecule has 0 radical (unpaired) electrons. The Hall–Kier alpha value is -3.54. The molecule has 2 N–H and O–H groups in total. The van der Waals surface area contributed by atoms with Crippen molar-refractivity contribution < 1.29 is 14.3 Å².